The second-order valence-corrected chi connectivity index (χ2v) is 2.90. The predicted molar refractivity (Wildman–Crippen MR) is 51.1 cm³/mol. The van der Waals surface area contributed by atoms with Crippen LogP contribution in [-0.2, 0) is 7.05 Å². The predicted octanol–water partition coefficient (Wildman–Crippen LogP) is 0.853. The quantitative estimate of drug-likeness (QED) is 0.538. The lowest BCUT2D eigenvalue weighted by Gasteiger charge is -1.91. The lowest BCUT2D eigenvalue weighted by Crippen LogP contribution is -1.92. The van der Waals surface area contributed by atoms with E-state index in [-0.39, 0.29) is 6.61 Å². The van der Waals surface area contributed by atoms with Crippen LogP contribution in [0.3, 0.4) is 0 Å². The van der Waals surface area contributed by atoms with Crippen LogP contribution in [0.15, 0.2) is 6.20 Å². The summed E-state index contributed by atoms with van der Waals surface area (Å²) < 4.78 is 1.80. The van der Waals surface area contributed by atoms with E-state index < -0.39 is 0 Å². The Labute approximate surface area is 78.4 Å². The zero-order valence-corrected chi connectivity index (χ0v) is 8.04. The average Bonchev–Trinajstić information content (AvgIpc) is 2.43. The van der Waals surface area contributed by atoms with E-state index in [1.54, 1.807) is 10.9 Å². The summed E-state index contributed by atoms with van der Waals surface area (Å²) in [6, 6.07) is 0. The van der Waals surface area contributed by atoms with Crippen molar-refractivity contribution in [2.45, 2.75) is 19.8 Å². The number of aromatic nitrogens is 2. The summed E-state index contributed by atoms with van der Waals surface area (Å²) in [4.78, 5) is 0. The first-order valence-corrected chi connectivity index (χ1v) is 4.34. The van der Waals surface area contributed by atoms with Crippen molar-refractivity contribution in [3.05, 3.63) is 17.5 Å². The fraction of sp³-hybridized carbons (Fsp3) is 0.500. The number of nitrogens with zero attached hydrogens (tertiary/aromatic N) is 2. The summed E-state index contributed by atoms with van der Waals surface area (Å²) in [5, 5.41) is 12.6. The standard InChI is InChI=1S/C10H14N2O/c1-9-10(8-11-12(9)2)6-4-3-5-7-13/h8,13H,3,5,7H2,1-2H3. The van der Waals surface area contributed by atoms with Gasteiger partial charge in [-0.2, -0.15) is 5.10 Å². The summed E-state index contributed by atoms with van der Waals surface area (Å²) in [5.74, 6) is 6.02. The van der Waals surface area contributed by atoms with Gasteiger partial charge in [-0.3, -0.25) is 4.68 Å². The molecule has 0 saturated heterocycles. The van der Waals surface area contributed by atoms with E-state index in [0.29, 0.717) is 0 Å². The first-order chi connectivity index (χ1) is 6.25. The topological polar surface area (TPSA) is 38.1 Å². The monoisotopic (exact) mass is 178 g/mol. The highest BCUT2D eigenvalue weighted by Gasteiger charge is 1.98. The minimum absolute atomic E-state index is 0.209. The fourth-order valence-electron chi connectivity index (χ4n) is 0.947. The second kappa shape index (κ2) is 4.68. The van der Waals surface area contributed by atoms with E-state index >= 15 is 0 Å². The third kappa shape index (κ3) is 2.60. The molecule has 0 fully saturated rings. The van der Waals surface area contributed by atoms with Gasteiger partial charge < -0.3 is 5.11 Å². The van der Waals surface area contributed by atoms with E-state index in [2.05, 4.69) is 16.9 Å². The van der Waals surface area contributed by atoms with Gasteiger partial charge in [0.25, 0.3) is 0 Å². The van der Waals surface area contributed by atoms with Crippen molar-refractivity contribution in [2.24, 2.45) is 7.05 Å². The molecule has 0 radical (unpaired) electrons. The van der Waals surface area contributed by atoms with Crippen molar-refractivity contribution in [1.29, 1.82) is 0 Å². The van der Waals surface area contributed by atoms with E-state index in [9.17, 15) is 0 Å². The van der Waals surface area contributed by atoms with Crippen molar-refractivity contribution in [1.82, 2.24) is 9.78 Å². The van der Waals surface area contributed by atoms with Crippen LogP contribution in [-0.4, -0.2) is 21.5 Å². The van der Waals surface area contributed by atoms with Gasteiger partial charge in [0.15, 0.2) is 0 Å². The van der Waals surface area contributed by atoms with Crippen LogP contribution in [0.25, 0.3) is 0 Å². The number of hydrogen-bond acceptors (Lipinski definition) is 2. The zero-order valence-electron chi connectivity index (χ0n) is 8.04. The smallest absolute Gasteiger partial charge is 0.0654 e. The molecule has 1 aromatic heterocycles. The summed E-state index contributed by atoms with van der Waals surface area (Å²) >= 11 is 0. The summed E-state index contributed by atoms with van der Waals surface area (Å²) in [7, 11) is 1.90. The molecule has 0 saturated carbocycles. The molecular weight excluding hydrogens is 164 g/mol. The Hall–Kier alpha value is -1.27. The van der Waals surface area contributed by atoms with E-state index in [1.807, 2.05) is 14.0 Å². The zero-order chi connectivity index (χ0) is 9.68. The number of unbranched alkanes of at least 4 members (excludes halogenated alkanes) is 1. The molecule has 3 heteroatoms. The molecule has 13 heavy (non-hydrogen) atoms. The molecule has 0 aromatic carbocycles. The summed E-state index contributed by atoms with van der Waals surface area (Å²) in [6.07, 6.45) is 3.25. The maximum atomic E-state index is 8.54. The van der Waals surface area contributed by atoms with Crippen LogP contribution in [0, 0.1) is 18.8 Å². The first-order valence-electron chi connectivity index (χ1n) is 4.34. The van der Waals surface area contributed by atoms with Gasteiger partial charge in [-0.1, -0.05) is 11.8 Å². The summed E-state index contributed by atoms with van der Waals surface area (Å²) in [5.41, 5.74) is 2.05. The molecule has 3 nitrogen and oxygen atoms in total. The lowest BCUT2D eigenvalue weighted by molar-refractivity contribution is 0.290. The maximum Gasteiger partial charge on any atom is 0.0654 e. The first kappa shape index (κ1) is 9.82. The highest BCUT2D eigenvalue weighted by atomic mass is 16.2. The van der Waals surface area contributed by atoms with E-state index in [1.165, 1.54) is 0 Å². The Morgan fingerprint density at radius 2 is 2.38 bits per heavy atom. The number of aliphatic hydroxyl groups excluding tert-OH is 1. The molecule has 0 aliphatic carbocycles. The molecule has 0 unspecified atom stereocenters. The molecule has 1 N–H and O–H groups in total. The number of hydrogen-bond donors (Lipinski definition) is 1. The minimum atomic E-state index is 0.209. The molecule has 1 aromatic rings. The Morgan fingerprint density at radius 3 is 2.92 bits per heavy atom. The van der Waals surface area contributed by atoms with Gasteiger partial charge in [0.2, 0.25) is 0 Å². The lowest BCUT2D eigenvalue weighted by atomic mass is 10.2. The van der Waals surface area contributed by atoms with Gasteiger partial charge in [0.05, 0.1) is 17.5 Å². The third-order valence-corrected chi connectivity index (χ3v) is 1.92. The SMILES string of the molecule is Cc1c(C#CCCCO)cnn1C. The Kier molecular flexibility index (Phi) is 3.53. The van der Waals surface area contributed by atoms with Crippen molar-refractivity contribution in [3.8, 4) is 11.8 Å². The number of aryl methyl sites for hydroxylation is 1. The largest absolute Gasteiger partial charge is 0.396 e. The summed E-state index contributed by atoms with van der Waals surface area (Å²) in [6.45, 7) is 2.20. The Bertz CT molecular complexity index is 330. The molecule has 0 aliphatic rings. The van der Waals surface area contributed by atoms with E-state index in [4.69, 9.17) is 5.11 Å². The van der Waals surface area contributed by atoms with Crippen molar-refractivity contribution >= 4 is 0 Å². The van der Waals surface area contributed by atoms with Crippen LogP contribution >= 0.6 is 0 Å². The van der Waals surface area contributed by atoms with Crippen molar-refractivity contribution in [2.75, 3.05) is 6.61 Å². The molecular formula is C10H14N2O. The molecule has 1 rings (SSSR count). The van der Waals surface area contributed by atoms with Crippen LogP contribution in [0.1, 0.15) is 24.1 Å². The van der Waals surface area contributed by atoms with Gasteiger partial charge in [-0.15, -0.1) is 0 Å². The van der Waals surface area contributed by atoms with Gasteiger partial charge in [-0.05, 0) is 13.3 Å². The highest BCUT2D eigenvalue weighted by Crippen LogP contribution is 2.02. The van der Waals surface area contributed by atoms with Crippen LogP contribution in [0.5, 0.6) is 0 Å². The normalized spacial score (nSPS) is 9.46. The van der Waals surface area contributed by atoms with Gasteiger partial charge in [-0.25, -0.2) is 0 Å². The van der Waals surface area contributed by atoms with Crippen LogP contribution in [0.2, 0.25) is 0 Å². The third-order valence-electron chi connectivity index (χ3n) is 1.92. The molecule has 70 valence electrons. The molecule has 0 amide bonds. The maximum absolute atomic E-state index is 8.54. The minimum Gasteiger partial charge on any atom is -0.396 e. The Balaban J connectivity index is 2.61. The van der Waals surface area contributed by atoms with Crippen molar-refractivity contribution in [3.63, 3.8) is 0 Å². The molecule has 0 spiro atoms. The molecule has 1 heterocycles. The van der Waals surface area contributed by atoms with Crippen LogP contribution in [0.4, 0.5) is 0 Å². The van der Waals surface area contributed by atoms with Crippen LogP contribution < -0.4 is 0 Å². The second-order valence-electron chi connectivity index (χ2n) is 2.90. The number of rotatable bonds is 2. The van der Waals surface area contributed by atoms with E-state index in [0.717, 1.165) is 24.1 Å². The molecule has 0 bridgehead atoms. The Morgan fingerprint density at radius 1 is 1.62 bits per heavy atom. The van der Waals surface area contributed by atoms with Gasteiger partial charge in [0, 0.05) is 20.1 Å². The van der Waals surface area contributed by atoms with Gasteiger partial charge >= 0.3 is 0 Å². The average molecular weight is 178 g/mol. The van der Waals surface area contributed by atoms with Gasteiger partial charge in [0.1, 0.15) is 0 Å². The molecule has 0 aliphatic heterocycles. The fourth-order valence-corrected chi connectivity index (χ4v) is 0.947. The van der Waals surface area contributed by atoms with Crippen molar-refractivity contribution < 1.29 is 5.11 Å². The number of aliphatic hydroxyl groups is 1. The highest BCUT2D eigenvalue weighted by molar-refractivity contribution is 5.35. The molecule has 0 atom stereocenters.